The minimum absolute atomic E-state index is 0.00741. The highest BCUT2D eigenvalue weighted by molar-refractivity contribution is 7.45. The third-order valence-corrected chi connectivity index (χ3v) is 6.98. The first-order valence-electron chi connectivity index (χ1n) is 14.4. The van der Waals surface area contributed by atoms with Crippen LogP contribution in [0, 0.1) is 0 Å². The van der Waals surface area contributed by atoms with Gasteiger partial charge in [0, 0.05) is 6.42 Å². The summed E-state index contributed by atoms with van der Waals surface area (Å²) in [6, 6.07) is 0. The number of aliphatic hydroxyl groups excluding tert-OH is 1. The largest absolute Gasteiger partial charge is 0.756 e. The minimum atomic E-state index is -4.49. The summed E-state index contributed by atoms with van der Waals surface area (Å²) in [5, 5.41) is 9.81. The highest BCUT2D eigenvalue weighted by atomic mass is 31.2. The summed E-state index contributed by atoms with van der Waals surface area (Å²) in [5.41, 5.74) is 0. The lowest BCUT2D eigenvalue weighted by Gasteiger charge is -2.27. The molecule has 220 valence electrons. The number of hydrogen-bond acceptors (Lipinski definition) is 7. The molecule has 9 heteroatoms. The molecule has 0 aromatic rings. The summed E-state index contributed by atoms with van der Waals surface area (Å²) >= 11 is 0. The van der Waals surface area contributed by atoms with Crippen LogP contribution in [-0.4, -0.2) is 69.2 Å². The van der Waals surface area contributed by atoms with Crippen molar-refractivity contribution in [3.05, 3.63) is 12.2 Å². The molecule has 0 amide bonds. The Labute approximate surface area is 227 Å². The van der Waals surface area contributed by atoms with Crippen molar-refractivity contribution in [2.24, 2.45) is 0 Å². The summed E-state index contributed by atoms with van der Waals surface area (Å²) < 4.78 is 26.7. The summed E-state index contributed by atoms with van der Waals surface area (Å²) in [5.74, 6) is -0.390. The van der Waals surface area contributed by atoms with Gasteiger partial charge in [-0.3, -0.25) is 9.36 Å². The molecule has 1 N–H and O–H groups in total. The van der Waals surface area contributed by atoms with Crippen LogP contribution in [-0.2, 0) is 23.1 Å². The Hall–Kier alpha value is -0.760. The Morgan fingerprint density at radius 1 is 0.838 bits per heavy atom. The normalized spacial score (nSPS) is 14.6. The van der Waals surface area contributed by atoms with Gasteiger partial charge in [-0.15, -0.1) is 0 Å². The van der Waals surface area contributed by atoms with Crippen molar-refractivity contribution in [3.63, 3.8) is 0 Å². The first-order chi connectivity index (χ1) is 17.6. The van der Waals surface area contributed by atoms with Gasteiger partial charge in [0.1, 0.15) is 25.9 Å². The van der Waals surface area contributed by atoms with Crippen LogP contribution < -0.4 is 4.89 Å². The van der Waals surface area contributed by atoms with Gasteiger partial charge in [-0.05, 0) is 32.1 Å². The molecular weight excluding hydrogens is 493 g/mol. The van der Waals surface area contributed by atoms with Crippen LogP contribution >= 0.6 is 7.82 Å². The van der Waals surface area contributed by atoms with Gasteiger partial charge >= 0.3 is 5.97 Å². The van der Waals surface area contributed by atoms with Gasteiger partial charge in [-0.25, -0.2) is 0 Å². The minimum Gasteiger partial charge on any atom is -0.756 e. The molecule has 0 radical (unpaired) electrons. The Bertz CT molecular complexity index is 622. The predicted molar refractivity (Wildman–Crippen MR) is 148 cm³/mol. The van der Waals surface area contributed by atoms with Crippen molar-refractivity contribution in [1.82, 2.24) is 0 Å². The van der Waals surface area contributed by atoms with Crippen LogP contribution in [0.3, 0.4) is 0 Å². The summed E-state index contributed by atoms with van der Waals surface area (Å²) in [6.45, 7) is 1.93. The zero-order valence-corrected chi connectivity index (χ0v) is 25.1. The standard InChI is InChI=1S/C28H56NO7P/c1-5-6-7-8-9-10-11-12-13-14-15-16-17-18-19-20-21-22-28(31)34-25-27(30)26-36-37(32,33)35-24-23-29(2,3)4/h10-11,27,30H,5-9,12-26H2,1-4H3/b11-10+/t27-/m1/s1. The average molecular weight is 550 g/mol. The van der Waals surface area contributed by atoms with E-state index in [0.29, 0.717) is 17.4 Å². The number of phosphoric acid groups is 1. The molecule has 0 aliphatic heterocycles. The zero-order chi connectivity index (χ0) is 27.8. The van der Waals surface area contributed by atoms with E-state index in [1.807, 2.05) is 21.1 Å². The van der Waals surface area contributed by atoms with E-state index in [4.69, 9.17) is 9.26 Å². The Kier molecular flexibility index (Phi) is 22.7. The van der Waals surface area contributed by atoms with Crippen LogP contribution in [0.2, 0.25) is 0 Å². The molecule has 2 atom stereocenters. The van der Waals surface area contributed by atoms with Gasteiger partial charge in [0.25, 0.3) is 7.82 Å². The number of quaternary nitrogens is 1. The van der Waals surface area contributed by atoms with Crippen molar-refractivity contribution in [2.45, 2.75) is 116 Å². The Morgan fingerprint density at radius 3 is 1.89 bits per heavy atom. The van der Waals surface area contributed by atoms with Crippen molar-refractivity contribution in [1.29, 1.82) is 0 Å². The number of likely N-dealkylation sites (N-methyl/N-ethyl adjacent to an activating group) is 1. The van der Waals surface area contributed by atoms with Crippen molar-refractivity contribution in [2.75, 3.05) is 47.5 Å². The lowest BCUT2D eigenvalue weighted by Crippen LogP contribution is -2.37. The number of rotatable bonds is 26. The van der Waals surface area contributed by atoms with Crippen molar-refractivity contribution < 1.29 is 37.6 Å². The number of esters is 1. The Balaban J connectivity index is 3.53. The van der Waals surface area contributed by atoms with Crippen LogP contribution in [0.4, 0.5) is 0 Å². The molecule has 0 aromatic heterocycles. The lowest BCUT2D eigenvalue weighted by molar-refractivity contribution is -0.870. The highest BCUT2D eigenvalue weighted by Gasteiger charge is 2.16. The summed E-state index contributed by atoms with van der Waals surface area (Å²) in [6.07, 6.45) is 22.0. The number of nitrogens with zero attached hydrogens (tertiary/aromatic N) is 1. The fourth-order valence-electron chi connectivity index (χ4n) is 3.64. The monoisotopic (exact) mass is 549 g/mol. The number of carbonyl (C=O) groups excluding carboxylic acids is 1. The summed E-state index contributed by atoms with van der Waals surface area (Å²) in [7, 11) is 1.25. The van der Waals surface area contributed by atoms with Gasteiger partial charge in [0.15, 0.2) is 0 Å². The first-order valence-corrected chi connectivity index (χ1v) is 15.9. The van der Waals surface area contributed by atoms with E-state index in [0.717, 1.165) is 19.3 Å². The predicted octanol–water partition coefficient (Wildman–Crippen LogP) is 5.92. The SMILES string of the molecule is CCCCCC/C=C/CCCCCCCCCCCC(=O)OC[C@@H](O)COP(=O)([O-])OCC[N+](C)(C)C. The number of ether oxygens (including phenoxy) is 1. The number of aliphatic hydroxyl groups is 1. The number of hydrogen-bond donors (Lipinski definition) is 1. The molecule has 0 aliphatic rings. The van der Waals surface area contributed by atoms with E-state index in [1.165, 1.54) is 77.0 Å². The number of unbranched alkanes of at least 4 members (excludes halogenated alkanes) is 13. The molecule has 37 heavy (non-hydrogen) atoms. The van der Waals surface area contributed by atoms with E-state index < -0.39 is 26.5 Å². The molecule has 0 aliphatic carbocycles. The molecule has 1 unspecified atom stereocenters. The average Bonchev–Trinajstić information content (AvgIpc) is 2.82. The van der Waals surface area contributed by atoms with Crippen LogP contribution in [0.15, 0.2) is 12.2 Å². The van der Waals surface area contributed by atoms with E-state index in [2.05, 4.69) is 23.6 Å². The fourth-order valence-corrected chi connectivity index (χ4v) is 4.38. The van der Waals surface area contributed by atoms with Crippen molar-refractivity contribution >= 4 is 13.8 Å². The van der Waals surface area contributed by atoms with E-state index in [9.17, 15) is 19.4 Å². The number of carbonyl (C=O) groups is 1. The molecule has 0 spiro atoms. The van der Waals surface area contributed by atoms with Crippen LogP contribution in [0.25, 0.3) is 0 Å². The topological polar surface area (TPSA) is 105 Å². The maximum absolute atomic E-state index is 11.8. The second-order valence-corrected chi connectivity index (χ2v) is 12.4. The molecule has 0 fully saturated rings. The number of phosphoric ester groups is 1. The van der Waals surface area contributed by atoms with Gasteiger partial charge < -0.3 is 28.3 Å². The van der Waals surface area contributed by atoms with Crippen LogP contribution in [0.1, 0.15) is 110 Å². The molecule has 0 saturated heterocycles. The zero-order valence-electron chi connectivity index (χ0n) is 24.2. The smallest absolute Gasteiger partial charge is 0.305 e. The quantitative estimate of drug-likeness (QED) is 0.0470. The van der Waals surface area contributed by atoms with E-state index in [-0.39, 0.29) is 13.2 Å². The van der Waals surface area contributed by atoms with Gasteiger partial charge in [0.05, 0.1) is 27.7 Å². The number of allylic oxidation sites excluding steroid dienone is 2. The summed E-state index contributed by atoms with van der Waals surface area (Å²) in [4.78, 5) is 23.5. The van der Waals surface area contributed by atoms with Gasteiger partial charge in [-0.1, -0.05) is 83.3 Å². The van der Waals surface area contributed by atoms with Crippen molar-refractivity contribution in [3.8, 4) is 0 Å². The van der Waals surface area contributed by atoms with E-state index in [1.54, 1.807) is 0 Å². The van der Waals surface area contributed by atoms with Crippen LogP contribution in [0.5, 0.6) is 0 Å². The third kappa shape index (κ3) is 28.1. The highest BCUT2D eigenvalue weighted by Crippen LogP contribution is 2.38. The second-order valence-electron chi connectivity index (χ2n) is 11.0. The molecule has 0 rings (SSSR count). The molecule has 0 heterocycles. The second kappa shape index (κ2) is 23.2. The molecule has 0 bridgehead atoms. The maximum Gasteiger partial charge on any atom is 0.305 e. The van der Waals surface area contributed by atoms with Gasteiger partial charge in [0.2, 0.25) is 0 Å². The molecule has 0 aromatic carbocycles. The molecule has 0 saturated carbocycles. The molecular formula is C28H56NO7P. The first kappa shape index (κ1) is 36.2. The lowest BCUT2D eigenvalue weighted by atomic mass is 10.1. The Morgan fingerprint density at radius 2 is 1.35 bits per heavy atom. The maximum atomic E-state index is 11.8. The molecule has 8 nitrogen and oxygen atoms in total. The van der Waals surface area contributed by atoms with E-state index >= 15 is 0 Å². The fraction of sp³-hybridized carbons (Fsp3) is 0.893. The van der Waals surface area contributed by atoms with Gasteiger partial charge in [-0.2, -0.15) is 0 Å². The third-order valence-electron chi connectivity index (χ3n) is 6.02.